The number of rotatable bonds is 8. The van der Waals surface area contributed by atoms with Gasteiger partial charge in [0.25, 0.3) is 0 Å². The van der Waals surface area contributed by atoms with Crippen LogP contribution in [0.5, 0.6) is 0 Å². The molecule has 0 aromatic heterocycles. The van der Waals surface area contributed by atoms with Crippen molar-refractivity contribution in [1.82, 2.24) is 5.32 Å². The van der Waals surface area contributed by atoms with Crippen LogP contribution in [0, 0.1) is 5.92 Å². The third-order valence-electron chi connectivity index (χ3n) is 2.94. The number of nitrogens with two attached hydrogens (primary N) is 1. The fourth-order valence-corrected chi connectivity index (χ4v) is 3.25. The molecule has 5 nitrogen and oxygen atoms in total. The molecule has 0 rings (SSSR count). The van der Waals surface area contributed by atoms with E-state index in [9.17, 15) is 13.2 Å². The summed E-state index contributed by atoms with van der Waals surface area (Å²) in [5, 5.41) is 1.72. The van der Waals surface area contributed by atoms with Crippen LogP contribution in [0.25, 0.3) is 0 Å². The summed E-state index contributed by atoms with van der Waals surface area (Å²) in [5.41, 5.74) is 5.41. The molecule has 1 amide bonds. The number of sulfone groups is 1. The van der Waals surface area contributed by atoms with E-state index < -0.39 is 21.0 Å². The normalized spacial score (nSPS) is 16.9. The van der Waals surface area contributed by atoms with Crippen LogP contribution in [0.2, 0.25) is 0 Å². The second-order valence-corrected chi connectivity index (χ2v) is 7.38. The van der Waals surface area contributed by atoms with Crippen LogP contribution < -0.4 is 11.1 Å². The molecule has 0 bridgehead atoms. The molecule has 0 aliphatic rings. The summed E-state index contributed by atoms with van der Waals surface area (Å²) >= 11 is 0. The minimum Gasteiger partial charge on any atom is -0.353 e. The van der Waals surface area contributed by atoms with Crippen LogP contribution in [-0.2, 0) is 14.6 Å². The van der Waals surface area contributed by atoms with E-state index >= 15 is 0 Å². The Kier molecular flexibility index (Phi) is 7.47. The molecule has 0 aliphatic heterocycles. The van der Waals surface area contributed by atoms with Gasteiger partial charge >= 0.3 is 0 Å². The topological polar surface area (TPSA) is 89.3 Å². The number of amides is 1. The summed E-state index contributed by atoms with van der Waals surface area (Å²) in [4.78, 5) is 11.8. The largest absolute Gasteiger partial charge is 0.353 e. The van der Waals surface area contributed by atoms with Crippen molar-refractivity contribution >= 4 is 15.7 Å². The van der Waals surface area contributed by atoms with Crippen LogP contribution in [0.1, 0.15) is 40.5 Å². The molecule has 3 unspecified atom stereocenters. The highest BCUT2D eigenvalue weighted by atomic mass is 32.2. The molecular weight excluding hydrogens is 252 g/mol. The van der Waals surface area contributed by atoms with Crippen molar-refractivity contribution in [1.29, 1.82) is 0 Å². The quantitative estimate of drug-likeness (QED) is 0.683. The highest BCUT2D eigenvalue weighted by Gasteiger charge is 2.29. The van der Waals surface area contributed by atoms with Gasteiger partial charge in [-0.1, -0.05) is 20.3 Å². The van der Waals surface area contributed by atoms with Gasteiger partial charge in [0.2, 0.25) is 5.91 Å². The van der Waals surface area contributed by atoms with Gasteiger partial charge in [0.05, 0.1) is 5.75 Å². The Morgan fingerprint density at radius 1 is 1.28 bits per heavy atom. The second kappa shape index (κ2) is 7.74. The summed E-state index contributed by atoms with van der Waals surface area (Å²) < 4.78 is 23.9. The van der Waals surface area contributed by atoms with Crippen molar-refractivity contribution in [2.45, 2.75) is 51.8 Å². The van der Waals surface area contributed by atoms with E-state index in [1.54, 1.807) is 6.92 Å². The van der Waals surface area contributed by atoms with Gasteiger partial charge in [0.15, 0.2) is 9.84 Å². The van der Waals surface area contributed by atoms with Gasteiger partial charge in [-0.3, -0.25) is 4.79 Å². The van der Waals surface area contributed by atoms with Crippen molar-refractivity contribution in [3.63, 3.8) is 0 Å². The lowest BCUT2D eigenvalue weighted by Crippen LogP contribution is -2.43. The Balaban J connectivity index is 4.53. The van der Waals surface area contributed by atoms with E-state index in [0.29, 0.717) is 6.54 Å². The number of carbonyl (C=O) groups excluding carboxylic acids is 1. The molecule has 6 heteroatoms. The van der Waals surface area contributed by atoms with E-state index in [4.69, 9.17) is 5.73 Å². The maximum absolute atomic E-state index is 12.0. The molecule has 0 spiro atoms. The highest BCUT2D eigenvalue weighted by molar-refractivity contribution is 7.92. The standard InChI is InChI=1S/C12H26N2O3S/c1-5-6-10(3)14-12(15)11(4)18(16,17)8-9(2)7-13/h9-11H,5-8,13H2,1-4H3,(H,14,15). The smallest absolute Gasteiger partial charge is 0.238 e. The van der Waals surface area contributed by atoms with Crippen LogP contribution >= 0.6 is 0 Å². The fraction of sp³-hybridized carbons (Fsp3) is 0.917. The predicted octanol–water partition coefficient (Wildman–Crippen LogP) is 0.689. The zero-order chi connectivity index (χ0) is 14.3. The van der Waals surface area contributed by atoms with Crippen LogP contribution in [0.3, 0.4) is 0 Å². The second-order valence-electron chi connectivity index (χ2n) is 5.01. The minimum atomic E-state index is -3.42. The third-order valence-corrected chi connectivity index (χ3v) is 5.26. The van der Waals surface area contributed by atoms with Crippen LogP contribution in [-0.4, -0.2) is 37.9 Å². The maximum atomic E-state index is 12.0. The van der Waals surface area contributed by atoms with Gasteiger partial charge in [-0.15, -0.1) is 0 Å². The molecule has 0 radical (unpaired) electrons. The van der Waals surface area contributed by atoms with Crippen molar-refractivity contribution in [2.75, 3.05) is 12.3 Å². The van der Waals surface area contributed by atoms with Gasteiger partial charge < -0.3 is 11.1 Å². The number of nitrogens with one attached hydrogen (secondary N) is 1. The first-order valence-electron chi connectivity index (χ1n) is 6.46. The molecule has 0 saturated carbocycles. The molecule has 0 heterocycles. The lowest BCUT2D eigenvalue weighted by molar-refractivity contribution is -0.121. The number of hydrogen-bond acceptors (Lipinski definition) is 4. The van der Waals surface area contributed by atoms with Crippen molar-refractivity contribution in [3.05, 3.63) is 0 Å². The summed E-state index contributed by atoms with van der Waals surface area (Å²) in [7, 11) is -3.42. The molecule has 108 valence electrons. The Labute approximate surface area is 110 Å². The lowest BCUT2D eigenvalue weighted by Gasteiger charge is -2.18. The van der Waals surface area contributed by atoms with Crippen LogP contribution in [0.4, 0.5) is 0 Å². The molecular formula is C12H26N2O3S. The van der Waals surface area contributed by atoms with E-state index in [-0.39, 0.29) is 17.7 Å². The lowest BCUT2D eigenvalue weighted by atomic mass is 10.2. The van der Waals surface area contributed by atoms with Crippen molar-refractivity contribution in [3.8, 4) is 0 Å². The molecule has 0 saturated heterocycles. The number of hydrogen-bond donors (Lipinski definition) is 2. The van der Waals surface area contributed by atoms with Gasteiger partial charge in [-0.05, 0) is 32.7 Å². The Morgan fingerprint density at radius 2 is 1.83 bits per heavy atom. The molecule has 18 heavy (non-hydrogen) atoms. The minimum absolute atomic E-state index is 0.00656. The Bertz CT molecular complexity index is 354. The first-order chi connectivity index (χ1) is 8.24. The highest BCUT2D eigenvalue weighted by Crippen LogP contribution is 2.08. The number of carbonyl (C=O) groups is 1. The molecule has 3 atom stereocenters. The summed E-state index contributed by atoms with van der Waals surface area (Å²) in [6.45, 7) is 7.41. The zero-order valence-corrected chi connectivity index (χ0v) is 12.6. The SMILES string of the molecule is CCCC(C)NC(=O)C(C)S(=O)(=O)CC(C)CN. The molecule has 3 N–H and O–H groups in total. The monoisotopic (exact) mass is 278 g/mol. The van der Waals surface area contributed by atoms with Gasteiger partial charge in [0.1, 0.15) is 5.25 Å². The van der Waals surface area contributed by atoms with Crippen molar-refractivity contribution < 1.29 is 13.2 Å². The predicted molar refractivity (Wildman–Crippen MR) is 74.0 cm³/mol. The fourth-order valence-electron chi connectivity index (χ4n) is 1.64. The van der Waals surface area contributed by atoms with E-state index in [1.807, 2.05) is 13.8 Å². The van der Waals surface area contributed by atoms with E-state index in [2.05, 4.69) is 5.32 Å². The Morgan fingerprint density at radius 3 is 2.28 bits per heavy atom. The van der Waals surface area contributed by atoms with Crippen LogP contribution in [0.15, 0.2) is 0 Å². The molecule has 0 aromatic rings. The maximum Gasteiger partial charge on any atom is 0.238 e. The van der Waals surface area contributed by atoms with Gasteiger partial charge in [-0.25, -0.2) is 8.42 Å². The zero-order valence-electron chi connectivity index (χ0n) is 11.8. The summed E-state index contributed by atoms with van der Waals surface area (Å²) in [5.74, 6) is -0.584. The van der Waals surface area contributed by atoms with Gasteiger partial charge in [-0.2, -0.15) is 0 Å². The Hall–Kier alpha value is -0.620. The third kappa shape index (κ3) is 5.82. The first kappa shape index (κ1) is 17.4. The molecule has 0 fully saturated rings. The van der Waals surface area contributed by atoms with E-state index in [1.165, 1.54) is 6.92 Å². The average Bonchev–Trinajstić information content (AvgIpc) is 2.27. The molecule has 0 aliphatic carbocycles. The first-order valence-corrected chi connectivity index (χ1v) is 8.18. The summed E-state index contributed by atoms with van der Waals surface area (Å²) in [6, 6.07) is 0.00656. The molecule has 0 aromatic carbocycles. The van der Waals surface area contributed by atoms with Gasteiger partial charge in [0, 0.05) is 6.04 Å². The average molecular weight is 278 g/mol. The van der Waals surface area contributed by atoms with Crippen molar-refractivity contribution in [2.24, 2.45) is 11.7 Å². The van der Waals surface area contributed by atoms with E-state index in [0.717, 1.165) is 12.8 Å². The summed E-state index contributed by atoms with van der Waals surface area (Å²) in [6.07, 6.45) is 1.80.